The molecule has 6 heteroatoms. The number of amides is 1. The van der Waals surface area contributed by atoms with Crippen LogP contribution in [0.5, 0.6) is 5.75 Å². The lowest BCUT2D eigenvalue weighted by Crippen LogP contribution is -2.18. The maximum atomic E-state index is 13.0. The molecule has 4 nitrogen and oxygen atoms in total. The van der Waals surface area contributed by atoms with Gasteiger partial charge in [-0.2, -0.15) is 0 Å². The van der Waals surface area contributed by atoms with E-state index in [1.165, 1.54) is 25.3 Å². The molecular weight excluding hydrogens is 271 g/mol. The standard InChI is InChI=1S/C13H17FN2O2.ClH/c1-18-12-7-10(14)2-3-11(12)16-13(17)6-9-4-5-15-8-9;/h2-3,7,9,15H,4-6,8H2,1H3,(H,16,17);1H. The Labute approximate surface area is 118 Å². The van der Waals surface area contributed by atoms with E-state index in [2.05, 4.69) is 10.6 Å². The summed E-state index contributed by atoms with van der Waals surface area (Å²) in [4.78, 5) is 11.8. The van der Waals surface area contributed by atoms with Crippen molar-refractivity contribution in [1.82, 2.24) is 5.32 Å². The molecule has 1 aromatic rings. The van der Waals surface area contributed by atoms with Crippen molar-refractivity contribution < 1.29 is 13.9 Å². The largest absolute Gasteiger partial charge is 0.494 e. The Morgan fingerprint density at radius 1 is 1.58 bits per heavy atom. The summed E-state index contributed by atoms with van der Waals surface area (Å²) < 4.78 is 18.0. The molecule has 0 saturated carbocycles. The minimum absolute atomic E-state index is 0. The third kappa shape index (κ3) is 4.36. The van der Waals surface area contributed by atoms with Crippen LogP contribution in [0.25, 0.3) is 0 Å². The predicted octanol–water partition coefficient (Wildman–Crippen LogP) is 2.19. The normalized spacial score (nSPS) is 17.7. The maximum Gasteiger partial charge on any atom is 0.224 e. The fourth-order valence-corrected chi connectivity index (χ4v) is 2.12. The van der Waals surface area contributed by atoms with Gasteiger partial charge in [0, 0.05) is 12.5 Å². The minimum atomic E-state index is -0.384. The molecule has 1 aromatic carbocycles. The second-order valence-corrected chi connectivity index (χ2v) is 4.46. The highest BCUT2D eigenvalue weighted by Crippen LogP contribution is 2.25. The van der Waals surface area contributed by atoms with Crippen molar-refractivity contribution in [1.29, 1.82) is 0 Å². The molecule has 0 aliphatic carbocycles. The number of hydrogen-bond acceptors (Lipinski definition) is 3. The van der Waals surface area contributed by atoms with Crippen molar-refractivity contribution in [3.8, 4) is 5.75 Å². The van der Waals surface area contributed by atoms with Crippen molar-refractivity contribution in [2.45, 2.75) is 12.8 Å². The molecule has 1 saturated heterocycles. The fraction of sp³-hybridized carbons (Fsp3) is 0.462. The molecule has 1 heterocycles. The SMILES string of the molecule is COc1cc(F)ccc1NC(=O)CC1CCNC1.Cl. The van der Waals surface area contributed by atoms with E-state index in [0.717, 1.165) is 19.5 Å². The van der Waals surface area contributed by atoms with Gasteiger partial charge in [-0.25, -0.2) is 4.39 Å². The van der Waals surface area contributed by atoms with Gasteiger partial charge < -0.3 is 15.4 Å². The zero-order valence-corrected chi connectivity index (χ0v) is 11.6. The third-order valence-corrected chi connectivity index (χ3v) is 3.07. The van der Waals surface area contributed by atoms with Gasteiger partial charge in [0.2, 0.25) is 5.91 Å². The summed E-state index contributed by atoms with van der Waals surface area (Å²) in [6, 6.07) is 4.07. The lowest BCUT2D eigenvalue weighted by Gasteiger charge is -2.12. The van der Waals surface area contributed by atoms with Gasteiger partial charge in [-0.15, -0.1) is 12.4 Å². The quantitative estimate of drug-likeness (QED) is 0.893. The van der Waals surface area contributed by atoms with Crippen LogP contribution in [0.2, 0.25) is 0 Å². The van der Waals surface area contributed by atoms with E-state index in [-0.39, 0.29) is 24.1 Å². The van der Waals surface area contributed by atoms with Crippen molar-refractivity contribution in [2.75, 3.05) is 25.5 Å². The van der Waals surface area contributed by atoms with Gasteiger partial charge in [-0.05, 0) is 37.6 Å². The summed E-state index contributed by atoms with van der Waals surface area (Å²) in [6.45, 7) is 1.85. The summed E-state index contributed by atoms with van der Waals surface area (Å²) in [6.07, 6.45) is 1.50. The smallest absolute Gasteiger partial charge is 0.224 e. The molecule has 19 heavy (non-hydrogen) atoms. The molecule has 0 bridgehead atoms. The first-order valence-corrected chi connectivity index (χ1v) is 6.03. The number of benzene rings is 1. The molecule has 2 N–H and O–H groups in total. The summed E-state index contributed by atoms with van der Waals surface area (Å²) in [5, 5.41) is 5.97. The van der Waals surface area contributed by atoms with E-state index in [1.807, 2.05) is 0 Å². The van der Waals surface area contributed by atoms with E-state index in [9.17, 15) is 9.18 Å². The first kappa shape index (κ1) is 15.7. The second kappa shape index (κ2) is 7.31. The van der Waals surface area contributed by atoms with E-state index in [0.29, 0.717) is 23.8 Å². The average Bonchev–Trinajstić information content (AvgIpc) is 2.84. The molecular formula is C13H18ClFN2O2. The molecule has 1 unspecified atom stereocenters. The Kier molecular flexibility index (Phi) is 6.05. The van der Waals surface area contributed by atoms with Crippen LogP contribution in [0, 0.1) is 11.7 Å². The van der Waals surface area contributed by atoms with Gasteiger partial charge in [0.25, 0.3) is 0 Å². The molecule has 106 valence electrons. The lowest BCUT2D eigenvalue weighted by atomic mass is 10.0. The number of hydrogen-bond donors (Lipinski definition) is 2. The number of ether oxygens (including phenoxy) is 1. The van der Waals surface area contributed by atoms with Gasteiger partial charge in [-0.1, -0.05) is 0 Å². The highest BCUT2D eigenvalue weighted by atomic mass is 35.5. The Hall–Kier alpha value is -1.33. The molecule has 1 atom stereocenters. The Morgan fingerprint density at radius 2 is 2.37 bits per heavy atom. The van der Waals surface area contributed by atoms with Crippen LogP contribution in [0.4, 0.5) is 10.1 Å². The summed E-state index contributed by atoms with van der Waals surface area (Å²) in [7, 11) is 1.45. The van der Waals surface area contributed by atoms with Crippen molar-refractivity contribution >= 4 is 24.0 Å². The first-order chi connectivity index (χ1) is 8.69. The number of halogens is 2. The molecule has 1 aliphatic rings. The maximum absolute atomic E-state index is 13.0. The van der Waals surface area contributed by atoms with E-state index in [4.69, 9.17) is 4.74 Å². The van der Waals surface area contributed by atoms with Gasteiger partial charge in [-0.3, -0.25) is 4.79 Å². The van der Waals surface area contributed by atoms with E-state index >= 15 is 0 Å². The number of carbonyl (C=O) groups is 1. The van der Waals surface area contributed by atoms with Gasteiger partial charge in [0.1, 0.15) is 11.6 Å². The van der Waals surface area contributed by atoms with Crippen LogP contribution in [0.3, 0.4) is 0 Å². The fourth-order valence-electron chi connectivity index (χ4n) is 2.12. The number of rotatable bonds is 4. The monoisotopic (exact) mass is 288 g/mol. The van der Waals surface area contributed by atoms with Crippen LogP contribution in [0.15, 0.2) is 18.2 Å². The van der Waals surface area contributed by atoms with Gasteiger partial charge in [0.15, 0.2) is 0 Å². The van der Waals surface area contributed by atoms with Crippen molar-refractivity contribution in [3.63, 3.8) is 0 Å². The first-order valence-electron chi connectivity index (χ1n) is 6.03. The minimum Gasteiger partial charge on any atom is -0.494 e. The van der Waals surface area contributed by atoms with Gasteiger partial charge >= 0.3 is 0 Å². The lowest BCUT2D eigenvalue weighted by molar-refractivity contribution is -0.117. The molecule has 2 rings (SSSR count). The number of anilines is 1. The van der Waals surface area contributed by atoms with Crippen LogP contribution in [0.1, 0.15) is 12.8 Å². The predicted molar refractivity (Wildman–Crippen MR) is 74.4 cm³/mol. The Bertz CT molecular complexity index is 437. The highest BCUT2D eigenvalue weighted by molar-refractivity contribution is 5.92. The molecule has 1 aliphatic heterocycles. The summed E-state index contributed by atoms with van der Waals surface area (Å²) in [5.41, 5.74) is 0.509. The van der Waals surface area contributed by atoms with Crippen LogP contribution in [-0.4, -0.2) is 26.1 Å². The van der Waals surface area contributed by atoms with Crippen LogP contribution in [-0.2, 0) is 4.79 Å². The molecule has 1 fully saturated rings. The molecule has 0 aromatic heterocycles. The zero-order valence-electron chi connectivity index (χ0n) is 10.7. The zero-order chi connectivity index (χ0) is 13.0. The number of methoxy groups -OCH3 is 1. The van der Waals surface area contributed by atoms with E-state index in [1.54, 1.807) is 0 Å². The van der Waals surface area contributed by atoms with Crippen LogP contribution >= 0.6 is 12.4 Å². The van der Waals surface area contributed by atoms with Crippen LogP contribution < -0.4 is 15.4 Å². The van der Waals surface area contributed by atoms with Crippen molar-refractivity contribution in [2.24, 2.45) is 5.92 Å². The van der Waals surface area contributed by atoms with Gasteiger partial charge in [0.05, 0.1) is 12.8 Å². The Balaban J connectivity index is 0.00000180. The molecule has 0 spiro atoms. The summed E-state index contributed by atoms with van der Waals surface area (Å²) >= 11 is 0. The second-order valence-electron chi connectivity index (χ2n) is 4.46. The average molecular weight is 289 g/mol. The molecule has 0 radical (unpaired) electrons. The third-order valence-electron chi connectivity index (χ3n) is 3.07. The Morgan fingerprint density at radius 3 is 3.00 bits per heavy atom. The topological polar surface area (TPSA) is 50.4 Å². The van der Waals surface area contributed by atoms with E-state index < -0.39 is 0 Å². The van der Waals surface area contributed by atoms with Crippen molar-refractivity contribution in [3.05, 3.63) is 24.0 Å². The number of carbonyl (C=O) groups excluding carboxylic acids is 1. The number of nitrogens with one attached hydrogen (secondary N) is 2. The molecule has 1 amide bonds. The summed E-state index contributed by atoms with van der Waals surface area (Å²) in [5.74, 6) is 0.280. The highest BCUT2D eigenvalue weighted by Gasteiger charge is 2.18.